The number of fused-ring (bicyclic) bond motifs is 1. The van der Waals surface area contributed by atoms with Crippen LogP contribution in [0.15, 0.2) is 36.4 Å². The molecule has 0 radical (unpaired) electrons. The van der Waals surface area contributed by atoms with Gasteiger partial charge in [0.05, 0.1) is 13.2 Å². The lowest BCUT2D eigenvalue weighted by atomic mass is 10.0. The fourth-order valence-corrected chi connectivity index (χ4v) is 4.77. The first-order chi connectivity index (χ1) is 23.1. The minimum absolute atomic E-state index is 0.102. The number of hydrogen-bond donors (Lipinski definition) is 0. The largest absolute Gasteiger partial charge is 0.487 e. The number of hydrogen-bond acceptors (Lipinski definition) is 2. The summed E-state index contributed by atoms with van der Waals surface area (Å²) in [5, 5.41) is 1.12. The monoisotopic (exact) mass is 672 g/mol. The maximum absolute atomic E-state index is 14.7. The molecule has 252 valence electrons. The summed E-state index contributed by atoms with van der Waals surface area (Å²) in [5.74, 6) is -6.37. The van der Waals surface area contributed by atoms with Crippen LogP contribution < -0.4 is 9.47 Å². The van der Waals surface area contributed by atoms with Gasteiger partial charge in [-0.2, -0.15) is 17.6 Å². The Balaban J connectivity index is 1.53. The second kappa shape index (κ2) is 16.9. The van der Waals surface area contributed by atoms with Gasteiger partial charge >= 0.3 is 0 Å². The molecule has 0 aromatic heterocycles. The molecule has 4 aromatic rings. The van der Waals surface area contributed by atoms with Gasteiger partial charge in [0.15, 0.2) is 34.8 Å². The van der Waals surface area contributed by atoms with Gasteiger partial charge in [-0.15, -0.1) is 0 Å². The van der Waals surface area contributed by atoms with Gasteiger partial charge in [-0.05, 0) is 47.9 Å². The topological polar surface area (TPSA) is 18.5 Å². The van der Waals surface area contributed by atoms with Crippen molar-refractivity contribution in [1.29, 1.82) is 0 Å². The predicted molar refractivity (Wildman–Crippen MR) is 168 cm³/mol. The van der Waals surface area contributed by atoms with E-state index in [0.29, 0.717) is 23.6 Å². The maximum atomic E-state index is 14.7. The summed E-state index contributed by atoms with van der Waals surface area (Å²) in [7, 11) is 0. The SMILES string of the molecule is CCCCCCOc1c(F)c(F)c(C#Cc2ccc3cc(C#Cc4c(F)c(F)c(OCCCCCC)c(F)c4F)ccc3c2)c(F)c1F. The van der Waals surface area contributed by atoms with E-state index in [9.17, 15) is 35.1 Å². The van der Waals surface area contributed by atoms with Gasteiger partial charge in [0, 0.05) is 11.1 Å². The summed E-state index contributed by atoms with van der Waals surface area (Å²) in [4.78, 5) is 0. The van der Waals surface area contributed by atoms with Crippen LogP contribution in [0.4, 0.5) is 35.1 Å². The van der Waals surface area contributed by atoms with Crippen LogP contribution in [0, 0.1) is 70.2 Å². The molecule has 0 aliphatic heterocycles. The number of rotatable bonds is 12. The van der Waals surface area contributed by atoms with Crippen LogP contribution in [-0.2, 0) is 0 Å². The fraction of sp³-hybridized carbons (Fsp3) is 0.316. The molecule has 0 saturated heterocycles. The molecule has 10 heteroatoms. The van der Waals surface area contributed by atoms with E-state index < -0.39 is 69.2 Å². The standard InChI is InChI=1S/C38H32F8O2/c1-3-5-7-9-19-47-37-33(43)29(39)27(30(40)34(37)44)17-13-23-11-15-26-22-24(12-16-25(26)21-23)14-18-28-31(41)35(45)38(36(46)32(28)42)48-20-10-8-6-4-2/h11-12,15-16,21-22H,3-10,19-20H2,1-2H3. The number of halogens is 8. The summed E-state index contributed by atoms with van der Waals surface area (Å²) in [5.41, 5.74) is -1.68. The molecule has 0 spiro atoms. The average molecular weight is 673 g/mol. The molecule has 0 atom stereocenters. The van der Waals surface area contributed by atoms with Crippen LogP contribution in [0.1, 0.15) is 87.5 Å². The Kier molecular flexibility index (Phi) is 12.7. The first-order valence-corrected chi connectivity index (χ1v) is 15.6. The van der Waals surface area contributed by atoms with Crippen molar-refractivity contribution >= 4 is 10.8 Å². The summed E-state index contributed by atoms with van der Waals surface area (Å²) < 4.78 is 127. The zero-order chi connectivity index (χ0) is 34.8. The molecular formula is C38H32F8O2. The van der Waals surface area contributed by atoms with Crippen molar-refractivity contribution in [1.82, 2.24) is 0 Å². The van der Waals surface area contributed by atoms with Gasteiger partial charge < -0.3 is 9.47 Å². The highest BCUT2D eigenvalue weighted by Crippen LogP contribution is 2.31. The van der Waals surface area contributed by atoms with Crippen molar-refractivity contribution in [2.75, 3.05) is 13.2 Å². The third-order valence-corrected chi connectivity index (χ3v) is 7.44. The van der Waals surface area contributed by atoms with Gasteiger partial charge in [-0.1, -0.05) is 88.2 Å². The highest BCUT2D eigenvalue weighted by Gasteiger charge is 2.27. The summed E-state index contributed by atoms with van der Waals surface area (Å²) in [6, 6.07) is 9.10. The molecule has 48 heavy (non-hydrogen) atoms. The highest BCUT2D eigenvalue weighted by atomic mass is 19.2. The Morgan fingerprint density at radius 1 is 0.438 bits per heavy atom. The summed E-state index contributed by atoms with van der Waals surface area (Å²) >= 11 is 0. The molecule has 0 fully saturated rings. The highest BCUT2D eigenvalue weighted by molar-refractivity contribution is 5.85. The lowest BCUT2D eigenvalue weighted by molar-refractivity contribution is 0.263. The Labute approximate surface area is 274 Å². The van der Waals surface area contributed by atoms with Crippen LogP contribution in [0.3, 0.4) is 0 Å². The van der Waals surface area contributed by atoms with Crippen LogP contribution >= 0.6 is 0 Å². The molecular weight excluding hydrogens is 640 g/mol. The van der Waals surface area contributed by atoms with Gasteiger partial charge in [-0.25, -0.2) is 17.6 Å². The average Bonchev–Trinajstić information content (AvgIpc) is 3.08. The third-order valence-electron chi connectivity index (χ3n) is 7.44. The minimum Gasteiger partial charge on any atom is -0.487 e. The predicted octanol–water partition coefficient (Wildman–Crippen LogP) is 10.7. The molecule has 2 nitrogen and oxygen atoms in total. The second-order valence-corrected chi connectivity index (χ2v) is 11.0. The van der Waals surface area contributed by atoms with E-state index in [1.165, 1.54) is 24.3 Å². The molecule has 0 aliphatic carbocycles. The molecule has 0 heterocycles. The van der Waals surface area contributed by atoms with E-state index >= 15 is 0 Å². The van der Waals surface area contributed by atoms with E-state index in [4.69, 9.17) is 9.47 Å². The van der Waals surface area contributed by atoms with E-state index in [1.54, 1.807) is 12.1 Å². The van der Waals surface area contributed by atoms with E-state index in [1.807, 2.05) is 13.8 Å². The molecule has 4 aromatic carbocycles. The summed E-state index contributed by atoms with van der Waals surface area (Å²) in [6.07, 6.45) is 6.02. The van der Waals surface area contributed by atoms with Gasteiger partial charge in [0.2, 0.25) is 23.3 Å². The third kappa shape index (κ3) is 8.41. The lowest BCUT2D eigenvalue weighted by Gasteiger charge is -2.11. The summed E-state index contributed by atoms with van der Waals surface area (Å²) in [6.45, 7) is 3.75. The van der Waals surface area contributed by atoms with E-state index in [0.717, 1.165) is 38.5 Å². The maximum Gasteiger partial charge on any atom is 0.205 e. The van der Waals surface area contributed by atoms with E-state index in [-0.39, 0.29) is 24.3 Å². The Morgan fingerprint density at radius 2 is 0.792 bits per heavy atom. The smallest absolute Gasteiger partial charge is 0.205 e. The first-order valence-electron chi connectivity index (χ1n) is 15.6. The quantitative estimate of drug-likeness (QED) is 0.0646. The minimum atomic E-state index is -1.67. The first kappa shape index (κ1) is 36.1. The number of ether oxygens (including phenoxy) is 2. The molecule has 0 saturated carbocycles. The van der Waals surface area contributed by atoms with Crippen LogP contribution in [0.25, 0.3) is 10.8 Å². The Morgan fingerprint density at radius 3 is 1.12 bits per heavy atom. The molecule has 0 amide bonds. The van der Waals surface area contributed by atoms with Crippen molar-refractivity contribution in [3.63, 3.8) is 0 Å². The van der Waals surface area contributed by atoms with Crippen LogP contribution in [0.2, 0.25) is 0 Å². The van der Waals surface area contributed by atoms with Crippen molar-refractivity contribution in [2.24, 2.45) is 0 Å². The van der Waals surface area contributed by atoms with Crippen molar-refractivity contribution < 1.29 is 44.6 Å². The number of unbranched alkanes of at least 4 members (excludes halogenated alkanes) is 6. The van der Waals surface area contributed by atoms with Crippen molar-refractivity contribution in [3.8, 4) is 35.2 Å². The molecule has 0 N–H and O–H groups in total. The fourth-order valence-electron chi connectivity index (χ4n) is 4.77. The zero-order valence-corrected chi connectivity index (χ0v) is 26.4. The zero-order valence-electron chi connectivity index (χ0n) is 26.4. The van der Waals surface area contributed by atoms with Crippen molar-refractivity contribution in [2.45, 2.75) is 65.2 Å². The normalized spacial score (nSPS) is 10.8. The van der Waals surface area contributed by atoms with Gasteiger partial charge in [-0.3, -0.25) is 0 Å². The molecule has 0 bridgehead atoms. The Bertz CT molecular complexity index is 1720. The van der Waals surface area contributed by atoms with Gasteiger partial charge in [0.1, 0.15) is 11.1 Å². The second-order valence-electron chi connectivity index (χ2n) is 11.0. The number of benzene rings is 4. The molecule has 0 aliphatic rings. The van der Waals surface area contributed by atoms with Crippen LogP contribution in [0.5, 0.6) is 11.5 Å². The lowest BCUT2D eigenvalue weighted by Crippen LogP contribution is -2.08. The van der Waals surface area contributed by atoms with Crippen LogP contribution in [-0.4, -0.2) is 13.2 Å². The molecule has 4 rings (SSSR count). The Hall–Kier alpha value is -4.70. The van der Waals surface area contributed by atoms with E-state index in [2.05, 4.69) is 23.7 Å². The van der Waals surface area contributed by atoms with Gasteiger partial charge in [0.25, 0.3) is 0 Å². The van der Waals surface area contributed by atoms with Crippen molar-refractivity contribution in [3.05, 3.63) is 105 Å². The molecule has 0 unspecified atom stereocenters.